The largest absolute Gasteiger partial charge is 0.305 e. The lowest BCUT2D eigenvalue weighted by Crippen LogP contribution is -2.41. The molecule has 1 saturated carbocycles. The molecule has 1 amide bonds. The lowest BCUT2D eigenvalue weighted by atomic mass is 9.93. The van der Waals surface area contributed by atoms with Crippen LogP contribution in [-0.2, 0) is 0 Å². The molecule has 0 spiro atoms. The van der Waals surface area contributed by atoms with Gasteiger partial charge in [0.05, 0.1) is 5.02 Å². The molecule has 1 heterocycles. The first-order chi connectivity index (χ1) is 12.6. The maximum atomic E-state index is 13.6. The molecule has 2 nitrogen and oxygen atoms in total. The van der Waals surface area contributed by atoms with Gasteiger partial charge in [-0.1, -0.05) is 49.1 Å². The van der Waals surface area contributed by atoms with Gasteiger partial charge in [0.1, 0.15) is 10.7 Å². The summed E-state index contributed by atoms with van der Waals surface area (Å²) in [5.74, 6) is -0.406. The van der Waals surface area contributed by atoms with Crippen molar-refractivity contribution in [3.8, 4) is 0 Å². The van der Waals surface area contributed by atoms with Gasteiger partial charge in [-0.05, 0) is 43.2 Å². The van der Waals surface area contributed by atoms with Gasteiger partial charge in [0.15, 0.2) is 0 Å². The molecule has 0 aliphatic heterocycles. The zero-order chi connectivity index (χ0) is 18.1. The summed E-state index contributed by atoms with van der Waals surface area (Å²) in [5, 5.41) is 1.16. The number of thiophene rings is 1. The summed E-state index contributed by atoms with van der Waals surface area (Å²) in [6, 6.07) is 14.4. The van der Waals surface area contributed by atoms with E-state index in [9.17, 15) is 9.18 Å². The average molecular weight is 388 g/mol. The highest BCUT2D eigenvalue weighted by Crippen LogP contribution is 2.38. The van der Waals surface area contributed by atoms with Gasteiger partial charge < -0.3 is 4.90 Å². The topological polar surface area (TPSA) is 20.3 Å². The summed E-state index contributed by atoms with van der Waals surface area (Å²) in [4.78, 5) is 15.9. The van der Waals surface area contributed by atoms with Gasteiger partial charge in [0, 0.05) is 21.8 Å². The Morgan fingerprint density at radius 1 is 1.08 bits per heavy atom. The van der Waals surface area contributed by atoms with E-state index in [1.54, 1.807) is 6.07 Å². The number of para-hydroxylation sites is 1. The highest BCUT2D eigenvalue weighted by molar-refractivity contribution is 7.21. The molecule has 26 heavy (non-hydrogen) atoms. The van der Waals surface area contributed by atoms with Crippen LogP contribution in [0.3, 0.4) is 0 Å². The molecule has 3 aromatic rings. The molecule has 0 bridgehead atoms. The molecule has 0 radical (unpaired) electrons. The number of halogens is 2. The number of nitrogens with zero attached hydrogens (tertiary/aromatic N) is 1. The minimum atomic E-state index is -0.318. The van der Waals surface area contributed by atoms with Crippen LogP contribution in [0.4, 0.5) is 10.1 Å². The fourth-order valence-electron chi connectivity index (χ4n) is 3.71. The van der Waals surface area contributed by atoms with Crippen molar-refractivity contribution in [3.63, 3.8) is 0 Å². The molecule has 2 aromatic carbocycles. The molecule has 0 unspecified atom stereocenters. The number of carbonyl (C=O) groups is 1. The fraction of sp³-hybridized carbons (Fsp3) is 0.286. The fourth-order valence-corrected chi connectivity index (χ4v) is 5.18. The molecule has 0 atom stereocenters. The van der Waals surface area contributed by atoms with Crippen molar-refractivity contribution < 1.29 is 9.18 Å². The van der Waals surface area contributed by atoms with Crippen molar-refractivity contribution in [1.29, 1.82) is 0 Å². The van der Waals surface area contributed by atoms with E-state index in [4.69, 9.17) is 11.6 Å². The van der Waals surface area contributed by atoms with Crippen LogP contribution in [0.15, 0.2) is 48.5 Å². The number of benzene rings is 2. The quantitative estimate of drug-likeness (QED) is 0.491. The Labute approximate surface area is 161 Å². The Bertz CT molecular complexity index is 934. The molecule has 0 N–H and O–H groups in total. The predicted molar refractivity (Wildman–Crippen MR) is 107 cm³/mol. The SMILES string of the molecule is O=C(c1sc2cc(F)ccc2c1Cl)N(c1ccccc1)C1CCCCC1. The van der Waals surface area contributed by atoms with Crippen LogP contribution in [0.1, 0.15) is 41.8 Å². The molecule has 1 aromatic heterocycles. The number of anilines is 1. The number of fused-ring (bicyclic) bond motifs is 1. The average Bonchev–Trinajstić information content (AvgIpc) is 2.99. The van der Waals surface area contributed by atoms with E-state index in [2.05, 4.69) is 0 Å². The van der Waals surface area contributed by atoms with Crippen LogP contribution in [0.25, 0.3) is 10.1 Å². The molecule has 4 rings (SSSR count). The zero-order valence-electron chi connectivity index (χ0n) is 14.3. The molecule has 5 heteroatoms. The van der Waals surface area contributed by atoms with E-state index < -0.39 is 0 Å². The Hall–Kier alpha value is -1.91. The van der Waals surface area contributed by atoms with Crippen molar-refractivity contribution in [2.24, 2.45) is 0 Å². The second kappa shape index (κ2) is 7.37. The van der Waals surface area contributed by atoms with Gasteiger partial charge in [-0.15, -0.1) is 11.3 Å². The van der Waals surface area contributed by atoms with Crippen LogP contribution >= 0.6 is 22.9 Å². The van der Waals surface area contributed by atoms with E-state index in [0.29, 0.717) is 14.6 Å². The monoisotopic (exact) mass is 387 g/mol. The van der Waals surface area contributed by atoms with E-state index in [1.807, 2.05) is 35.2 Å². The number of carbonyl (C=O) groups excluding carboxylic acids is 1. The first-order valence-corrected chi connectivity index (χ1v) is 10.1. The molecule has 1 fully saturated rings. The highest BCUT2D eigenvalue weighted by Gasteiger charge is 2.30. The van der Waals surface area contributed by atoms with Crippen molar-refractivity contribution in [2.75, 3.05) is 4.90 Å². The van der Waals surface area contributed by atoms with Gasteiger partial charge in [-0.3, -0.25) is 4.79 Å². The Balaban J connectivity index is 1.78. The second-order valence-electron chi connectivity index (χ2n) is 6.69. The third kappa shape index (κ3) is 3.24. The molecule has 0 saturated heterocycles. The number of rotatable bonds is 3. The maximum absolute atomic E-state index is 13.6. The van der Waals surface area contributed by atoms with E-state index >= 15 is 0 Å². The Morgan fingerprint density at radius 2 is 1.81 bits per heavy atom. The zero-order valence-corrected chi connectivity index (χ0v) is 15.8. The first-order valence-electron chi connectivity index (χ1n) is 8.91. The third-order valence-electron chi connectivity index (χ3n) is 4.98. The van der Waals surface area contributed by atoms with Gasteiger partial charge in [-0.25, -0.2) is 4.39 Å². The van der Waals surface area contributed by atoms with Crippen LogP contribution in [0.5, 0.6) is 0 Å². The molecule has 1 aliphatic carbocycles. The number of amides is 1. The van der Waals surface area contributed by atoms with Crippen molar-refractivity contribution in [2.45, 2.75) is 38.1 Å². The summed E-state index contributed by atoms with van der Waals surface area (Å²) in [7, 11) is 0. The minimum Gasteiger partial charge on any atom is -0.305 e. The summed E-state index contributed by atoms with van der Waals surface area (Å²) < 4.78 is 14.3. The molecular weight excluding hydrogens is 369 g/mol. The molecular formula is C21H19ClFNOS. The van der Waals surface area contributed by atoms with Crippen molar-refractivity contribution >= 4 is 44.6 Å². The highest BCUT2D eigenvalue weighted by atomic mass is 35.5. The maximum Gasteiger partial charge on any atom is 0.270 e. The van der Waals surface area contributed by atoms with Gasteiger partial charge in [-0.2, -0.15) is 0 Å². The number of hydrogen-bond donors (Lipinski definition) is 0. The molecule has 1 aliphatic rings. The summed E-state index contributed by atoms with van der Waals surface area (Å²) in [5.41, 5.74) is 0.893. The van der Waals surface area contributed by atoms with Gasteiger partial charge in [0.2, 0.25) is 0 Å². The van der Waals surface area contributed by atoms with Crippen LogP contribution in [-0.4, -0.2) is 11.9 Å². The van der Waals surface area contributed by atoms with Gasteiger partial charge >= 0.3 is 0 Å². The Kier molecular flexibility index (Phi) is 4.96. The standard InChI is InChI=1S/C21H19ClFNOS/c22-19-17-12-11-14(23)13-18(17)26-20(19)21(25)24(15-7-3-1-4-8-15)16-9-5-2-6-10-16/h1,3-4,7-8,11-13,16H,2,5-6,9-10H2. The Morgan fingerprint density at radius 3 is 2.54 bits per heavy atom. The first kappa shape index (κ1) is 17.5. The van der Waals surface area contributed by atoms with E-state index in [-0.39, 0.29) is 17.8 Å². The molecule has 134 valence electrons. The third-order valence-corrected chi connectivity index (χ3v) is 6.62. The summed E-state index contributed by atoms with van der Waals surface area (Å²) in [6.07, 6.45) is 5.48. The van der Waals surface area contributed by atoms with Crippen LogP contribution < -0.4 is 4.90 Å². The minimum absolute atomic E-state index is 0.0882. The lowest BCUT2D eigenvalue weighted by molar-refractivity contribution is 0.0974. The van der Waals surface area contributed by atoms with Crippen LogP contribution in [0, 0.1) is 5.82 Å². The normalized spacial score (nSPS) is 15.3. The smallest absolute Gasteiger partial charge is 0.270 e. The van der Waals surface area contributed by atoms with Gasteiger partial charge in [0.25, 0.3) is 5.91 Å². The van der Waals surface area contributed by atoms with E-state index in [0.717, 1.165) is 36.8 Å². The number of hydrogen-bond acceptors (Lipinski definition) is 2. The van der Waals surface area contributed by atoms with Crippen LogP contribution in [0.2, 0.25) is 5.02 Å². The predicted octanol–water partition coefficient (Wildman–Crippen LogP) is 6.67. The second-order valence-corrected chi connectivity index (χ2v) is 8.12. The van der Waals surface area contributed by atoms with Crippen molar-refractivity contribution in [3.05, 3.63) is 64.2 Å². The van der Waals surface area contributed by atoms with Crippen molar-refractivity contribution in [1.82, 2.24) is 0 Å². The summed E-state index contributed by atoms with van der Waals surface area (Å²) in [6.45, 7) is 0. The van der Waals surface area contributed by atoms with E-state index in [1.165, 1.54) is 29.9 Å². The lowest BCUT2D eigenvalue weighted by Gasteiger charge is -2.34. The summed E-state index contributed by atoms with van der Waals surface area (Å²) >= 11 is 7.79.